The van der Waals surface area contributed by atoms with Crippen LogP contribution >= 0.6 is 11.6 Å². The molecule has 0 aliphatic carbocycles. The van der Waals surface area contributed by atoms with Crippen molar-refractivity contribution in [2.24, 2.45) is 0 Å². The van der Waals surface area contributed by atoms with E-state index in [-0.39, 0.29) is 25.9 Å². The van der Waals surface area contributed by atoms with Crippen molar-refractivity contribution in [2.75, 3.05) is 62.4 Å². The van der Waals surface area contributed by atoms with Gasteiger partial charge in [0.2, 0.25) is 11.2 Å². The molecule has 2 atom stereocenters. The first kappa shape index (κ1) is 51.6. The molecule has 0 radical (unpaired) electrons. The number of aromatic nitrogens is 6. The summed E-state index contributed by atoms with van der Waals surface area (Å²) in [5.74, 6) is 1.27. The number of nitrogens with two attached hydrogens (primary N) is 1. The van der Waals surface area contributed by atoms with Crippen molar-refractivity contribution in [3.05, 3.63) is 173 Å². The Balaban J connectivity index is 0.000000174. The number of pyridine rings is 2. The van der Waals surface area contributed by atoms with Crippen LogP contribution in [0.15, 0.2) is 122 Å². The first-order valence-electron chi connectivity index (χ1n) is 21.9. The molecule has 0 fully saturated rings. The normalized spacial score (nSPS) is 14.3. The third kappa shape index (κ3) is 11.7. The van der Waals surface area contributed by atoms with E-state index in [0.29, 0.717) is 51.6 Å². The van der Waals surface area contributed by atoms with E-state index in [1.54, 1.807) is 56.7 Å². The molecule has 0 spiro atoms. The number of aryl methyl sites for hydroxylation is 2. The van der Waals surface area contributed by atoms with Crippen LogP contribution in [0.1, 0.15) is 42.0 Å². The molecule has 4 aromatic heterocycles. The number of halogens is 5. The number of methoxy groups -OCH3 is 2. The average Bonchev–Trinajstić information content (AvgIpc) is 3.35. The lowest BCUT2D eigenvalue weighted by Crippen LogP contribution is -2.35. The monoisotopic (exact) mass is 1000 g/mol. The largest absolute Gasteiger partial charge is 0.496 e. The fourth-order valence-electron chi connectivity index (χ4n) is 7.98. The number of nitrogen functional groups attached to an aromatic ring is 1. The molecule has 4 aromatic carbocycles. The van der Waals surface area contributed by atoms with E-state index < -0.39 is 35.4 Å². The van der Waals surface area contributed by atoms with Gasteiger partial charge in [-0.05, 0) is 97.2 Å². The highest BCUT2D eigenvalue weighted by molar-refractivity contribution is 6.28. The Morgan fingerprint density at radius 2 is 1.12 bits per heavy atom. The number of hydrogen-bond donors (Lipinski definition) is 2. The Hall–Kier alpha value is -8.25. The highest BCUT2D eigenvalue weighted by Crippen LogP contribution is 2.40. The maximum atomic E-state index is 14.4. The maximum Gasteiger partial charge on any atom is 0.229 e. The van der Waals surface area contributed by atoms with Gasteiger partial charge >= 0.3 is 0 Å². The zero-order chi connectivity index (χ0) is 50.3. The molecule has 2 aliphatic heterocycles. The molecule has 19 heteroatoms. The van der Waals surface area contributed by atoms with Crippen molar-refractivity contribution < 1.29 is 36.5 Å². The molecular formula is C53H51ClF4N10O4. The molecule has 2 unspecified atom stereocenters. The van der Waals surface area contributed by atoms with E-state index in [9.17, 15) is 17.6 Å². The molecule has 2 aliphatic rings. The van der Waals surface area contributed by atoms with E-state index in [4.69, 9.17) is 36.3 Å². The molecule has 3 N–H and O–H groups in total. The minimum absolute atomic E-state index is 0. The van der Waals surface area contributed by atoms with Gasteiger partial charge in [0.25, 0.3) is 0 Å². The average molecular weight is 1000 g/mol. The highest BCUT2D eigenvalue weighted by Gasteiger charge is 2.31. The summed E-state index contributed by atoms with van der Waals surface area (Å²) >= 11 is 5.76. The predicted octanol–water partition coefficient (Wildman–Crippen LogP) is 11.7. The summed E-state index contributed by atoms with van der Waals surface area (Å²) in [6.45, 7) is 4.31. The fourth-order valence-corrected chi connectivity index (χ4v) is 8.11. The van der Waals surface area contributed by atoms with E-state index in [1.807, 2.05) is 74.5 Å². The molecule has 10 rings (SSSR count). The van der Waals surface area contributed by atoms with Crippen molar-refractivity contribution in [1.29, 1.82) is 0 Å². The van der Waals surface area contributed by atoms with Crippen LogP contribution in [0.2, 0.25) is 5.28 Å². The van der Waals surface area contributed by atoms with Crippen molar-refractivity contribution in [1.82, 2.24) is 29.9 Å². The molecule has 0 saturated carbocycles. The molecule has 14 nitrogen and oxygen atoms in total. The molecule has 0 amide bonds. The van der Waals surface area contributed by atoms with Crippen molar-refractivity contribution >= 4 is 40.6 Å². The third-order valence-corrected chi connectivity index (χ3v) is 11.8. The summed E-state index contributed by atoms with van der Waals surface area (Å²) in [6, 6.07) is 25.4. The Morgan fingerprint density at radius 1 is 0.625 bits per heavy atom. The Labute approximate surface area is 419 Å². The Bertz CT molecular complexity index is 3210. The lowest BCUT2D eigenvalue weighted by Gasteiger charge is -2.35. The SMILES string of the molecule is C.CN1c2nc(Cl)ncc2OCC1c1ccc(F)cc1F.COc1cc(N)ccc1-c1ccnc(C)c1.COc1cc(Nc2ncc3c(n2)N(C)C(c2ccc(F)cc2F)CO3)ccc1-c1ccnc(C)c1. The minimum atomic E-state index is -0.627. The third-order valence-electron chi connectivity index (χ3n) is 11.6. The standard InChI is InChI=1S/C26H23F2N5O2.C13H10ClF2N3O.C13H14N2O.CH4/c1-15-10-16(8-9-29-15)19-7-5-18(12-23(19)34-3)31-26-30-13-24-25(32-26)33(2)22(14-35-24)20-6-4-17(27)11-21(20)28;1-19-10(8-3-2-7(15)4-9(8)16)6-20-11-5-17-13(14)18-12(11)19;1-9-7-10(5-6-15-9)12-4-3-11(14)8-13(12)16-2;/h4-13,22H,14H2,1-3H3,(H,30,31,32);2-5,10H,6H2,1H3;3-8H,14H2,1-2H3;1H4. The summed E-state index contributed by atoms with van der Waals surface area (Å²) in [4.78, 5) is 28.8. The first-order valence-corrected chi connectivity index (χ1v) is 22.3. The Kier molecular flexibility index (Phi) is 16.2. The minimum Gasteiger partial charge on any atom is -0.496 e. The number of nitrogens with one attached hydrogen (secondary N) is 1. The second-order valence-corrected chi connectivity index (χ2v) is 16.6. The van der Waals surface area contributed by atoms with Gasteiger partial charge in [0.15, 0.2) is 23.1 Å². The maximum absolute atomic E-state index is 14.4. The number of hydrogen-bond acceptors (Lipinski definition) is 14. The zero-order valence-electron chi connectivity index (χ0n) is 39.3. The van der Waals surface area contributed by atoms with Crippen LogP contribution in [0, 0.1) is 37.1 Å². The van der Waals surface area contributed by atoms with Gasteiger partial charge in [-0.15, -0.1) is 0 Å². The van der Waals surface area contributed by atoms with Gasteiger partial charge in [0.05, 0.1) is 38.7 Å². The van der Waals surface area contributed by atoms with Crippen molar-refractivity contribution in [2.45, 2.75) is 33.4 Å². The van der Waals surface area contributed by atoms with Crippen molar-refractivity contribution in [3.63, 3.8) is 0 Å². The van der Waals surface area contributed by atoms with Gasteiger partial charge in [-0.1, -0.05) is 19.6 Å². The number of fused-ring (bicyclic) bond motifs is 2. The lowest BCUT2D eigenvalue weighted by molar-refractivity contribution is 0.262. The summed E-state index contributed by atoms with van der Waals surface area (Å²) in [6.07, 6.45) is 6.60. The number of likely N-dealkylation sites (N-methyl/N-ethyl adjacent to an activating group) is 2. The van der Waals surface area contributed by atoms with Gasteiger partial charge in [-0.3, -0.25) is 9.97 Å². The second-order valence-electron chi connectivity index (χ2n) is 16.3. The number of anilines is 5. The van der Waals surface area contributed by atoms with Crippen LogP contribution in [0.25, 0.3) is 22.3 Å². The second kappa shape index (κ2) is 22.7. The molecule has 0 bridgehead atoms. The lowest BCUT2D eigenvalue weighted by atomic mass is 10.0. The summed E-state index contributed by atoms with van der Waals surface area (Å²) in [7, 11) is 6.80. The molecular weight excluding hydrogens is 952 g/mol. The summed E-state index contributed by atoms with van der Waals surface area (Å²) in [5.41, 5.74) is 13.8. The van der Waals surface area contributed by atoms with E-state index in [1.165, 1.54) is 30.5 Å². The van der Waals surface area contributed by atoms with Gasteiger partial charge in [-0.2, -0.15) is 9.97 Å². The van der Waals surface area contributed by atoms with Crippen LogP contribution < -0.4 is 39.8 Å². The van der Waals surface area contributed by atoms with Gasteiger partial charge in [0, 0.05) is 95.8 Å². The quantitative estimate of drug-likeness (QED) is 0.0841. The van der Waals surface area contributed by atoms with Crippen LogP contribution in [0.5, 0.6) is 23.0 Å². The molecule has 372 valence electrons. The Morgan fingerprint density at radius 3 is 1.64 bits per heavy atom. The van der Waals surface area contributed by atoms with E-state index >= 15 is 0 Å². The fraction of sp³-hybridized carbons (Fsp3) is 0.208. The smallest absolute Gasteiger partial charge is 0.229 e. The van der Waals surface area contributed by atoms with E-state index in [0.717, 1.165) is 57.2 Å². The highest BCUT2D eigenvalue weighted by atomic mass is 35.5. The molecule has 6 heterocycles. The van der Waals surface area contributed by atoms with Gasteiger partial charge in [0.1, 0.15) is 48.0 Å². The number of benzene rings is 4. The van der Waals surface area contributed by atoms with Crippen molar-refractivity contribution in [3.8, 4) is 45.3 Å². The number of ether oxygens (including phenoxy) is 4. The molecule has 0 saturated heterocycles. The summed E-state index contributed by atoms with van der Waals surface area (Å²) < 4.78 is 76.9. The van der Waals surface area contributed by atoms with Crippen LogP contribution in [0.4, 0.5) is 46.5 Å². The van der Waals surface area contributed by atoms with E-state index in [2.05, 4.69) is 35.2 Å². The molecule has 8 aromatic rings. The van der Waals surface area contributed by atoms with Crippen LogP contribution in [-0.2, 0) is 0 Å². The number of nitrogens with zero attached hydrogens (tertiary/aromatic N) is 8. The first-order chi connectivity index (χ1) is 34.2. The van der Waals surface area contributed by atoms with Crippen LogP contribution in [0.3, 0.4) is 0 Å². The molecule has 72 heavy (non-hydrogen) atoms. The summed E-state index contributed by atoms with van der Waals surface area (Å²) in [5, 5.41) is 3.28. The van der Waals surface area contributed by atoms with Gasteiger partial charge < -0.3 is 39.8 Å². The number of rotatable bonds is 8. The topological polar surface area (TPSA) is 159 Å². The predicted molar refractivity (Wildman–Crippen MR) is 271 cm³/mol. The van der Waals surface area contributed by atoms with Gasteiger partial charge in [-0.25, -0.2) is 27.5 Å². The zero-order valence-corrected chi connectivity index (χ0v) is 40.0. The van der Waals surface area contributed by atoms with Crippen LogP contribution in [-0.4, -0.2) is 71.4 Å².